The van der Waals surface area contributed by atoms with Gasteiger partial charge in [0.2, 0.25) is 0 Å². The Hall–Kier alpha value is -0.800. The Labute approximate surface area is 85.0 Å². The summed E-state index contributed by atoms with van der Waals surface area (Å²) in [6.07, 6.45) is 1.99. The summed E-state index contributed by atoms with van der Waals surface area (Å²) in [6.45, 7) is 0.649. The number of halogens is 1. The van der Waals surface area contributed by atoms with Crippen molar-refractivity contribution < 1.29 is 4.74 Å². The molecule has 1 N–H and O–H groups in total. The van der Waals surface area contributed by atoms with Crippen LogP contribution in [0.4, 0.5) is 0 Å². The smallest absolute Gasteiger partial charge is 0.0733 e. The lowest BCUT2D eigenvalue weighted by Gasteiger charge is -1.96. The van der Waals surface area contributed by atoms with E-state index in [1.54, 1.807) is 7.11 Å². The van der Waals surface area contributed by atoms with Crippen molar-refractivity contribution in [3.63, 3.8) is 0 Å². The van der Waals surface area contributed by atoms with Gasteiger partial charge in [0.1, 0.15) is 0 Å². The quantitative estimate of drug-likeness (QED) is 0.857. The van der Waals surface area contributed by atoms with Gasteiger partial charge in [-0.15, -0.1) is 0 Å². The average Bonchev–Trinajstić information content (AvgIpc) is 2.49. The fourth-order valence-corrected chi connectivity index (χ4v) is 1.79. The van der Waals surface area contributed by atoms with Crippen LogP contribution in [0.5, 0.6) is 0 Å². The van der Waals surface area contributed by atoms with Crippen molar-refractivity contribution in [2.75, 3.05) is 7.11 Å². The zero-order valence-corrected chi connectivity index (χ0v) is 8.89. The molecule has 68 valence electrons. The SMILES string of the molecule is COCc1c[nH]c2ccc(Br)cc12. The normalized spacial score (nSPS) is 10.9. The van der Waals surface area contributed by atoms with E-state index in [2.05, 4.69) is 33.0 Å². The van der Waals surface area contributed by atoms with Crippen LogP contribution in [0.15, 0.2) is 28.9 Å². The molecule has 0 atom stereocenters. The molecule has 0 aliphatic carbocycles. The van der Waals surface area contributed by atoms with Crippen molar-refractivity contribution in [1.82, 2.24) is 4.98 Å². The lowest BCUT2D eigenvalue weighted by atomic mass is 10.2. The monoisotopic (exact) mass is 239 g/mol. The van der Waals surface area contributed by atoms with E-state index in [0.29, 0.717) is 6.61 Å². The number of fused-ring (bicyclic) bond motifs is 1. The molecule has 0 amide bonds. The number of rotatable bonds is 2. The highest BCUT2D eigenvalue weighted by molar-refractivity contribution is 9.10. The number of methoxy groups -OCH3 is 1. The Morgan fingerprint density at radius 2 is 2.31 bits per heavy atom. The van der Waals surface area contributed by atoms with Gasteiger partial charge in [-0.25, -0.2) is 0 Å². The van der Waals surface area contributed by atoms with Crippen LogP contribution in [0.3, 0.4) is 0 Å². The number of benzene rings is 1. The Balaban J connectivity index is 2.58. The summed E-state index contributed by atoms with van der Waals surface area (Å²) in [5.41, 5.74) is 2.34. The van der Waals surface area contributed by atoms with Crippen LogP contribution in [-0.2, 0) is 11.3 Å². The van der Waals surface area contributed by atoms with E-state index in [-0.39, 0.29) is 0 Å². The van der Waals surface area contributed by atoms with Gasteiger partial charge in [-0.1, -0.05) is 15.9 Å². The second-order valence-electron chi connectivity index (χ2n) is 2.94. The van der Waals surface area contributed by atoms with E-state index in [4.69, 9.17) is 4.74 Å². The summed E-state index contributed by atoms with van der Waals surface area (Å²) < 4.78 is 6.19. The zero-order valence-electron chi connectivity index (χ0n) is 7.30. The Bertz CT molecular complexity index is 422. The molecular weight excluding hydrogens is 230 g/mol. The molecule has 0 fully saturated rings. The first-order valence-electron chi connectivity index (χ1n) is 4.05. The van der Waals surface area contributed by atoms with E-state index in [9.17, 15) is 0 Å². The van der Waals surface area contributed by atoms with Crippen LogP contribution < -0.4 is 0 Å². The van der Waals surface area contributed by atoms with E-state index in [1.807, 2.05) is 12.3 Å². The maximum atomic E-state index is 5.10. The van der Waals surface area contributed by atoms with Crippen LogP contribution in [0.25, 0.3) is 10.9 Å². The number of hydrogen-bond donors (Lipinski definition) is 1. The van der Waals surface area contributed by atoms with E-state index in [0.717, 1.165) is 9.99 Å². The lowest BCUT2D eigenvalue weighted by molar-refractivity contribution is 0.186. The molecule has 0 aliphatic heterocycles. The van der Waals surface area contributed by atoms with E-state index in [1.165, 1.54) is 10.9 Å². The van der Waals surface area contributed by atoms with Gasteiger partial charge in [-0.3, -0.25) is 0 Å². The highest BCUT2D eigenvalue weighted by Crippen LogP contribution is 2.22. The summed E-state index contributed by atoms with van der Waals surface area (Å²) in [5, 5.41) is 1.22. The highest BCUT2D eigenvalue weighted by Gasteiger charge is 2.02. The lowest BCUT2D eigenvalue weighted by Crippen LogP contribution is -1.83. The zero-order chi connectivity index (χ0) is 9.26. The summed E-state index contributed by atoms with van der Waals surface area (Å²) in [4.78, 5) is 3.20. The van der Waals surface area contributed by atoms with Gasteiger partial charge in [0.05, 0.1) is 6.61 Å². The third-order valence-corrected chi connectivity index (χ3v) is 2.52. The predicted octanol–water partition coefficient (Wildman–Crippen LogP) is 3.08. The molecule has 3 heteroatoms. The molecule has 0 unspecified atom stereocenters. The van der Waals surface area contributed by atoms with Gasteiger partial charge in [-0.05, 0) is 18.2 Å². The fourth-order valence-electron chi connectivity index (χ4n) is 1.43. The molecule has 2 rings (SSSR count). The third-order valence-electron chi connectivity index (χ3n) is 2.03. The van der Waals surface area contributed by atoms with Crippen molar-refractivity contribution in [1.29, 1.82) is 0 Å². The summed E-state index contributed by atoms with van der Waals surface area (Å²) in [5.74, 6) is 0. The van der Waals surface area contributed by atoms with Crippen LogP contribution >= 0.6 is 15.9 Å². The Morgan fingerprint density at radius 3 is 3.08 bits per heavy atom. The number of hydrogen-bond acceptors (Lipinski definition) is 1. The minimum Gasteiger partial charge on any atom is -0.380 e. The van der Waals surface area contributed by atoms with Crippen molar-refractivity contribution in [2.24, 2.45) is 0 Å². The van der Waals surface area contributed by atoms with Gasteiger partial charge in [0.25, 0.3) is 0 Å². The molecule has 1 aromatic carbocycles. The van der Waals surface area contributed by atoms with Crippen LogP contribution in [0.2, 0.25) is 0 Å². The fraction of sp³-hybridized carbons (Fsp3) is 0.200. The van der Waals surface area contributed by atoms with Gasteiger partial charge >= 0.3 is 0 Å². The van der Waals surface area contributed by atoms with Crippen molar-refractivity contribution in [3.8, 4) is 0 Å². The molecule has 1 heterocycles. The maximum absolute atomic E-state index is 5.10. The number of aromatic nitrogens is 1. The summed E-state index contributed by atoms with van der Waals surface area (Å²) in [6, 6.07) is 6.17. The van der Waals surface area contributed by atoms with E-state index >= 15 is 0 Å². The maximum Gasteiger partial charge on any atom is 0.0733 e. The molecule has 0 saturated carbocycles. The number of ether oxygens (including phenoxy) is 1. The molecule has 0 saturated heterocycles. The summed E-state index contributed by atoms with van der Waals surface area (Å²) >= 11 is 3.45. The molecule has 0 bridgehead atoms. The molecule has 0 radical (unpaired) electrons. The minimum absolute atomic E-state index is 0.649. The molecule has 2 nitrogen and oxygen atoms in total. The number of nitrogens with one attached hydrogen (secondary N) is 1. The highest BCUT2D eigenvalue weighted by atomic mass is 79.9. The largest absolute Gasteiger partial charge is 0.380 e. The first-order valence-corrected chi connectivity index (χ1v) is 4.85. The molecule has 0 spiro atoms. The third kappa shape index (κ3) is 1.62. The first-order chi connectivity index (χ1) is 6.31. The molecule has 0 aliphatic rings. The van der Waals surface area contributed by atoms with Crippen molar-refractivity contribution in [3.05, 3.63) is 34.4 Å². The summed E-state index contributed by atoms with van der Waals surface area (Å²) in [7, 11) is 1.71. The van der Waals surface area contributed by atoms with Gasteiger partial charge in [0.15, 0.2) is 0 Å². The topological polar surface area (TPSA) is 25.0 Å². The Kier molecular flexibility index (Phi) is 2.38. The molecular formula is C10H10BrNO. The molecule has 13 heavy (non-hydrogen) atoms. The number of H-pyrrole nitrogens is 1. The standard InChI is InChI=1S/C10H10BrNO/c1-13-6-7-5-12-10-3-2-8(11)4-9(7)10/h2-5,12H,6H2,1H3. The van der Waals surface area contributed by atoms with Crippen LogP contribution in [-0.4, -0.2) is 12.1 Å². The second kappa shape index (κ2) is 3.52. The number of aromatic amines is 1. The minimum atomic E-state index is 0.649. The van der Waals surface area contributed by atoms with Crippen LogP contribution in [0.1, 0.15) is 5.56 Å². The molecule has 1 aromatic heterocycles. The predicted molar refractivity (Wildman–Crippen MR) is 56.7 cm³/mol. The van der Waals surface area contributed by atoms with Gasteiger partial charge < -0.3 is 9.72 Å². The average molecular weight is 240 g/mol. The molecule has 2 aromatic rings. The van der Waals surface area contributed by atoms with Crippen LogP contribution in [0, 0.1) is 0 Å². The first kappa shape index (κ1) is 8.78. The van der Waals surface area contributed by atoms with Crippen molar-refractivity contribution >= 4 is 26.8 Å². The Morgan fingerprint density at radius 1 is 1.46 bits per heavy atom. The second-order valence-corrected chi connectivity index (χ2v) is 3.85. The van der Waals surface area contributed by atoms with Gasteiger partial charge in [-0.2, -0.15) is 0 Å². The van der Waals surface area contributed by atoms with Crippen molar-refractivity contribution in [2.45, 2.75) is 6.61 Å². The van der Waals surface area contributed by atoms with E-state index < -0.39 is 0 Å². The van der Waals surface area contributed by atoms with Gasteiger partial charge in [0, 0.05) is 34.2 Å².